The molecule has 4 aromatic rings. The third-order valence-electron chi connectivity index (χ3n) is 4.91. The summed E-state index contributed by atoms with van der Waals surface area (Å²) in [6.07, 6.45) is 5.14. The topological polar surface area (TPSA) is 56.5 Å². The van der Waals surface area contributed by atoms with Crippen LogP contribution in [-0.4, -0.2) is 12.4 Å². The van der Waals surface area contributed by atoms with Crippen molar-refractivity contribution in [1.29, 1.82) is 0 Å². The molecule has 0 saturated carbocycles. The Labute approximate surface area is 180 Å². The molecule has 0 saturated heterocycles. The molecule has 0 aliphatic heterocycles. The van der Waals surface area contributed by atoms with Gasteiger partial charge in [0.2, 0.25) is 5.43 Å². The number of fused-ring (bicyclic) bond motifs is 2. The van der Waals surface area contributed by atoms with Gasteiger partial charge >= 0.3 is 0 Å². The highest BCUT2D eigenvalue weighted by molar-refractivity contribution is 6.16. The first kappa shape index (κ1) is 20.4. The Kier molecular flexibility index (Phi) is 5.80. The second kappa shape index (κ2) is 8.84. The van der Waals surface area contributed by atoms with Crippen LogP contribution in [0.4, 0.5) is 0 Å². The Balaban J connectivity index is 1.89. The van der Waals surface area contributed by atoms with Crippen molar-refractivity contribution in [3.05, 3.63) is 106 Å². The van der Waals surface area contributed by atoms with Crippen LogP contribution in [-0.2, 0) is 0 Å². The molecule has 0 aliphatic carbocycles. The van der Waals surface area contributed by atoms with Crippen LogP contribution in [0.5, 0.6) is 5.75 Å². The van der Waals surface area contributed by atoms with E-state index < -0.39 is 0 Å². The van der Waals surface area contributed by atoms with Crippen molar-refractivity contribution in [1.82, 2.24) is 0 Å². The van der Waals surface area contributed by atoms with E-state index in [1.807, 2.05) is 50.3 Å². The van der Waals surface area contributed by atoms with E-state index in [2.05, 4.69) is 0 Å². The van der Waals surface area contributed by atoms with Crippen LogP contribution in [0, 0.1) is 0 Å². The number of rotatable bonds is 6. The molecule has 4 heteroatoms. The van der Waals surface area contributed by atoms with Crippen molar-refractivity contribution in [2.45, 2.75) is 13.8 Å². The van der Waals surface area contributed by atoms with Gasteiger partial charge in [-0.15, -0.1) is 0 Å². The molecule has 0 spiro atoms. The van der Waals surface area contributed by atoms with Gasteiger partial charge in [0.05, 0.1) is 10.8 Å². The van der Waals surface area contributed by atoms with Crippen LogP contribution in [0.2, 0.25) is 0 Å². The molecule has 0 aliphatic rings. The van der Waals surface area contributed by atoms with E-state index in [4.69, 9.17) is 9.15 Å². The Bertz CT molecular complexity index is 1370. The lowest BCUT2D eigenvalue weighted by Gasteiger charge is -2.11. The van der Waals surface area contributed by atoms with Gasteiger partial charge in [0.25, 0.3) is 0 Å². The molecule has 0 radical (unpaired) electrons. The summed E-state index contributed by atoms with van der Waals surface area (Å²) in [5.41, 5.74) is 2.75. The van der Waals surface area contributed by atoms with E-state index in [-0.39, 0.29) is 22.4 Å². The van der Waals surface area contributed by atoms with Crippen molar-refractivity contribution < 1.29 is 13.9 Å². The molecule has 154 valence electrons. The van der Waals surface area contributed by atoms with Gasteiger partial charge in [0, 0.05) is 0 Å². The lowest BCUT2D eigenvalue weighted by Crippen LogP contribution is -2.08. The molecule has 0 amide bonds. The number of hydrogen-bond acceptors (Lipinski definition) is 4. The van der Waals surface area contributed by atoms with E-state index in [0.717, 1.165) is 11.1 Å². The van der Waals surface area contributed by atoms with Crippen molar-refractivity contribution in [3.63, 3.8) is 0 Å². The van der Waals surface area contributed by atoms with Crippen LogP contribution in [0.25, 0.3) is 28.0 Å². The standard InChI is InChI=1S/C27H22O4/c1-18(2)16-17-30-24-15-13-21-26(29)20-10-6-7-11-23(20)31-27(21)25(24)22(28)14-12-19-8-4-3-5-9-19/h3-16H,17H2,1-2H3. The number of para-hydroxylation sites is 1. The first-order valence-electron chi connectivity index (χ1n) is 10.1. The number of carbonyl (C=O) groups is 1. The molecular formula is C27H22O4. The zero-order valence-electron chi connectivity index (χ0n) is 17.4. The highest BCUT2D eigenvalue weighted by Crippen LogP contribution is 2.30. The predicted molar refractivity (Wildman–Crippen MR) is 125 cm³/mol. The van der Waals surface area contributed by atoms with Crippen LogP contribution >= 0.6 is 0 Å². The molecule has 0 atom stereocenters. The lowest BCUT2D eigenvalue weighted by molar-refractivity contribution is 0.104. The minimum atomic E-state index is -0.292. The fourth-order valence-electron chi connectivity index (χ4n) is 3.32. The monoisotopic (exact) mass is 410 g/mol. The molecule has 1 aromatic heterocycles. The third-order valence-corrected chi connectivity index (χ3v) is 4.91. The minimum Gasteiger partial charge on any atom is -0.489 e. The summed E-state index contributed by atoms with van der Waals surface area (Å²) in [6, 6.07) is 19.9. The third kappa shape index (κ3) is 4.33. The summed E-state index contributed by atoms with van der Waals surface area (Å²) >= 11 is 0. The maximum Gasteiger partial charge on any atom is 0.200 e. The number of carbonyl (C=O) groups excluding carboxylic acids is 1. The van der Waals surface area contributed by atoms with E-state index in [0.29, 0.717) is 28.7 Å². The summed E-state index contributed by atoms with van der Waals surface area (Å²) in [6.45, 7) is 4.27. The van der Waals surface area contributed by atoms with Crippen LogP contribution in [0.1, 0.15) is 29.8 Å². The summed E-state index contributed by atoms with van der Waals surface area (Å²) in [7, 11) is 0. The normalized spacial score (nSPS) is 11.2. The summed E-state index contributed by atoms with van der Waals surface area (Å²) < 4.78 is 11.9. The Morgan fingerprint density at radius 2 is 1.68 bits per heavy atom. The first-order valence-corrected chi connectivity index (χ1v) is 10.1. The molecular weight excluding hydrogens is 388 g/mol. The van der Waals surface area contributed by atoms with E-state index >= 15 is 0 Å². The number of allylic oxidation sites excluding steroid dienone is 2. The van der Waals surface area contributed by atoms with Crippen LogP contribution in [0.15, 0.2) is 93.7 Å². The fraction of sp³-hybridized carbons (Fsp3) is 0.111. The quantitative estimate of drug-likeness (QED) is 0.165. The van der Waals surface area contributed by atoms with Gasteiger partial charge < -0.3 is 9.15 Å². The fourth-order valence-corrected chi connectivity index (χ4v) is 3.32. The molecule has 0 unspecified atom stereocenters. The van der Waals surface area contributed by atoms with Crippen molar-refractivity contribution in [2.24, 2.45) is 0 Å². The van der Waals surface area contributed by atoms with Gasteiger partial charge in [-0.3, -0.25) is 9.59 Å². The Morgan fingerprint density at radius 1 is 0.935 bits per heavy atom. The Morgan fingerprint density at radius 3 is 2.45 bits per heavy atom. The molecule has 0 fully saturated rings. The zero-order valence-corrected chi connectivity index (χ0v) is 17.4. The lowest BCUT2D eigenvalue weighted by atomic mass is 10.0. The maximum atomic E-state index is 13.3. The predicted octanol–water partition coefficient (Wildman–Crippen LogP) is 6.19. The van der Waals surface area contributed by atoms with Gasteiger partial charge in [0.1, 0.15) is 23.5 Å². The van der Waals surface area contributed by atoms with Crippen molar-refractivity contribution in [3.8, 4) is 5.75 Å². The van der Waals surface area contributed by atoms with Crippen LogP contribution in [0.3, 0.4) is 0 Å². The molecule has 0 N–H and O–H groups in total. The number of hydrogen-bond donors (Lipinski definition) is 0. The average Bonchev–Trinajstić information content (AvgIpc) is 2.78. The Hall–Kier alpha value is -3.92. The molecule has 3 aromatic carbocycles. The summed E-state index contributed by atoms with van der Waals surface area (Å²) in [5.74, 6) is 0.0891. The maximum absolute atomic E-state index is 13.3. The van der Waals surface area contributed by atoms with E-state index in [1.165, 1.54) is 6.08 Å². The zero-order chi connectivity index (χ0) is 21.8. The highest BCUT2D eigenvalue weighted by Gasteiger charge is 2.20. The largest absolute Gasteiger partial charge is 0.489 e. The van der Waals surface area contributed by atoms with E-state index in [9.17, 15) is 9.59 Å². The van der Waals surface area contributed by atoms with Crippen molar-refractivity contribution in [2.75, 3.05) is 6.61 Å². The molecule has 1 heterocycles. The molecule has 0 bridgehead atoms. The van der Waals surface area contributed by atoms with Gasteiger partial charge in [-0.05, 0) is 55.8 Å². The second-order valence-electron chi connectivity index (χ2n) is 7.44. The first-order chi connectivity index (χ1) is 15.0. The van der Waals surface area contributed by atoms with E-state index in [1.54, 1.807) is 42.5 Å². The summed E-state index contributed by atoms with van der Waals surface area (Å²) in [5, 5.41) is 0.830. The van der Waals surface area contributed by atoms with Gasteiger partial charge in [0.15, 0.2) is 11.4 Å². The minimum absolute atomic E-state index is 0.172. The molecule has 4 rings (SSSR count). The number of benzene rings is 3. The van der Waals surface area contributed by atoms with Gasteiger partial charge in [-0.2, -0.15) is 0 Å². The average molecular weight is 410 g/mol. The SMILES string of the molecule is CC(C)=CCOc1ccc2c(=O)c3ccccc3oc2c1C(=O)C=Cc1ccccc1. The second-order valence-corrected chi connectivity index (χ2v) is 7.44. The molecule has 31 heavy (non-hydrogen) atoms. The van der Waals surface area contributed by atoms with Gasteiger partial charge in [-0.25, -0.2) is 0 Å². The molecule has 4 nitrogen and oxygen atoms in total. The number of ketones is 1. The van der Waals surface area contributed by atoms with Crippen LogP contribution < -0.4 is 10.2 Å². The summed E-state index contributed by atoms with van der Waals surface area (Å²) in [4.78, 5) is 26.3. The highest BCUT2D eigenvalue weighted by atomic mass is 16.5. The number of ether oxygens (including phenoxy) is 1. The van der Waals surface area contributed by atoms with Gasteiger partial charge in [-0.1, -0.05) is 54.1 Å². The smallest absolute Gasteiger partial charge is 0.200 e. The van der Waals surface area contributed by atoms with Crippen molar-refractivity contribution >= 4 is 33.8 Å².